The molecule has 0 amide bonds. The summed E-state index contributed by atoms with van der Waals surface area (Å²) in [7, 11) is 0. The minimum atomic E-state index is 1.23. The lowest BCUT2D eigenvalue weighted by molar-refractivity contribution is 1.64. The van der Waals surface area contributed by atoms with Crippen molar-refractivity contribution in [2.24, 2.45) is 0 Å². The maximum Gasteiger partial charge on any atom is 0.0362 e. The molecule has 0 atom stereocenters. The molecule has 1 heterocycles. The van der Waals surface area contributed by atoms with Crippen LogP contribution in [0.5, 0.6) is 0 Å². The van der Waals surface area contributed by atoms with E-state index in [1.54, 1.807) is 0 Å². The van der Waals surface area contributed by atoms with Gasteiger partial charge in [-0.1, -0.05) is 152 Å². The Hall–Kier alpha value is -5.76. The van der Waals surface area contributed by atoms with Gasteiger partial charge in [-0.3, -0.25) is 0 Å². The molecule has 10 rings (SSSR count). The van der Waals surface area contributed by atoms with Crippen LogP contribution >= 0.6 is 11.3 Å². The van der Waals surface area contributed by atoms with Gasteiger partial charge < -0.3 is 0 Å². The Kier molecular flexibility index (Phi) is 5.85. The number of hydrogen-bond donors (Lipinski definition) is 0. The van der Waals surface area contributed by atoms with Gasteiger partial charge in [0.15, 0.2) is 0 Å². The second-order valence-corrected chi connectivity index (χ2v) is 13.5. The van der Waals surface area contributed by atoms with Gasteiger partial charge in [0.05, 0.1) is 0 Å². The highest BCUT2D eigenvalue weighted by atomic mass is 32.1. The van der Waals surface area contributed by atoms with E-state index in [0.717, 1.165) is 0 Å². The van der Waals surface area contributed by atoms with Gasteiger partial charge in [0, 0.05) is 20.2 Å². The summed E-state index contributed by atoms with van der Waals surface area (Å²) in [6, 6.07) is 62.7. The molecule has 0 fully saturated rings. The van der Waals surface area contributed by atoms with Crippen LogP contribution in [0.1, 0.15) is 0 Å². The van der Waals surface area contributed by atoms with Crippen molar-refractivity contribution in [3.05, 3.63) is 170 Å². The minimum absolute atomic E-state index is 1.23. The zero-order valence-electron chi connectivity index (χ0n) is 25.6. The molecule has 0 spiro atoms. The first kappa shape index (κ1) is 26.5. The highest BCUT2D eigenvalue weighted by Crippen LogP contribution is 2.46. The van der Waals surface area contributed by atoms with Gasteiger partial charge in [0.2, 0.25) is 0 Å². The highest BCUT2D eigenvalue weighted by molar-refractivity contribution is 7.25. The zero-order chi connectivity index (χ0) is 30.9. The zero-order valence-corrected chi connectivity index (χ0v) is 26.4. The van der Waals surface area contributed by atoms with Gasteiger partial charge in [-0.25, -0.2) is 0 Å². The second-order valence-electron chi connectivity index (χ2n) is 12.4. The maximum atomic E-state index is 2.39. The average molecular weight is 613 g/mol. The largest absolute Gasteiger partial charge is 0.135 e. The molecule has 0 nitrogen and oxygen atoms in total. The van der Waals surface area contributed by atoms with E-state index in [-0.39, 0.29) is 0 Å². The molecule has 0 aliphatic rings. The first-order valence-corrected chi connectivity index (χ1v) is 17.0. The molecule has 47 heavy (non-hydrogen) atoms. The van der Waals surface area contributed by atoms with E-state index in [1.807, 2.05) is 11.3 Å². The molecule has 0 aliphatic heterocycles. The number of rotatable bonds is 3. The monoisotopic (exact) mass is 612 g/mol. The fourth-order valence-electron chi connectivity index (χ4n) is 7.74. The molecule has 9 aromatic carbocycles. The smallest absolute Gasteiger partial charge is 0.0362 e. The Morgan fingerprint density at radius 2 is 0.809 bits per heavy atom. The maximum absolute atomic E-state index is 2.39. The fourth-order valence-corrected chi connectivity index (χ4v) is 8.87. The number of benzene rings is 9. The van der Waals surface area contributed by atoms with E-state index in [2.05, 4.69) is 170 Å². The predicted molar refractivity (Wildman–Crippen MR) is 206 cm³/mol. The van der Waals surface area contributed by atoms with E-state index in [9.17, 15) is 0 Å². The van der Waals surface area contributed by atoms with Gasteiger partial charge >= 0.3 is 0 Å². The average Bonchev–Trinajstić information content (AvgIpc) is 3.50. The van der Waals surface area contributed by atoms with Crippen molar-refractivity contribution in [1.82, 2.24) is 0 Å². The predicted octanol–water partition coefficient (Wildman–Crippen LogP) is 13.7. The van der Waals surface area contributed by atoms with E-state index < -0.39 is 0 Å². The summed E-state index contributed by atoms with van der Waals surface area (Å²) in [4.78, 5) is 0. The summed E-state index contributed by atoms with van der Waals surface area (Å²) in [5, 5.41) is 12.9. The molecule has 10 aromatic rings. The number of fused-ring (bicyclic) bond motifs is 7. The standard InChI is InChI=1S/C46H28S/c1-2-14-33-29(11-1)12-9-21-36(33)46-39-18-5-3-16-37(39)45(38-17-4-6-19-40(38)46)31-25-23-30(24-26-31)34-20-10-13-32-27-42-35-15-7-8-22-43(35)47-44(42)28-41(32)34/h1-28H. The summed E-state index contributed by atoms with van der Waals surface area (Å²) < 4.78 is 2.68. The van der Waals surface area contributed by atoms with Crippen LogP contribution in [0.15, 0.2) is 170 Å². The summed E-state index contributed by atoms with van der Waals surface area (Å²) in [5.74, 6) is 0. The Bertz CT molecular complexity index is 2770. The van der Waals surface area contributed by atoms with Crippen molar-refractivity contribution in [3.63, 3.8) is 0 Å². The fraction of sp³-hybridized carbons (Fsp3) is 0. The van der Waals surface area contributed by atoms with Gasteiger partial charge in [-0.15, -0.1) is 11.3 Å². The molecular formula is C46H28S. The molecule has 0 unspecified atom stereocenters. The highest BCUT2D eigenvalue weighted by Gasteiger charge is 2.18. The van der Waals surface area contributed by atoms with Crippen LogP contribution < -0.4 is 0 Å². The van der Waals surface area contributed by atoms with Crippen LogP contribution in [0.2, 0.25) is 0 Å². The van der Waals surface area contributed by atoms with Gasteiger partial charge in [-0.05, 0) is 94.7 Å². The molecule has 0 saturated carbocycles. The van der Waals surface area contributed by atoms with Crippen LogP contribution in [-0.4, -0.2) is 0 Å². The van der Waals surface area contributed by atoms with Crippen LogP contribution in [0.3, 0.4) is 0 Å². The third-order valence-electron chi connectivity index (χ3n) is 9.85. The van der Waals surface area contributed by atoms with Crippen LogP contribution in [0.25, 0.3) is 96.6 Å². The molecule has 0 saturated heterocycles. The minimum Gasteiger partial charge on any atom is -0.135 e. The third-order valence-corrected chi connectivity index (χ3v) is 11.0. The number of thiophene rings is 1. The van der Waals surface area contributed by atoms with Gasteiger partial charge in [0.25, 0.3) is 0 Å². The second kappa shape index (κ2) is 10.4. The van der Waals surface area contributed by atoms with Crippen molar-refractivity contribution >= 4 is 74.6 Å². The summed E-state index contributed by atoms with van der Waals surface area (Å²) in [6.45, 7) is 0. The molecule has 0 N–H and O–H groups in total. The molecule has 218 valence electrons. The normalized spacial score (nSPS) is 11.8. The lowest BCUT2D eigenvalue weighted by atomic mass is 9.84. The molecule has 1 heteroatoms. The third kappa shape index (κ3) is 4.07. The molecular weight excluding hydrogens is 585 g/mol. The van der Waals surface area contributed by atoms with E-state index >= 15 is 0 Å². The molecule has 0 aliphatic carbocycles. The first-order valence-electron chi connectivity index (χ1n) is 16.2. The molecule has 0 bridgehead atoms. The Balaban J connectivity index is 1.17. The van der Waals surface area contributed by atoms with Crippen molar-refractivity contribution in [2.75, 3.05) is 0 Å². The van der Waals surface area contributed by atoms with Gasteiger partial charge in [0.1, 0.15) is 0 Å². The lowest BCUT2D eigenvalue weighted by Crippen LogP contribution is -1.91. The summed E-state index contributed by atoms with van der Waals surface area (Å²) >= 11 is 1.88. The summed E-state index contributed by atoms with van der Waals surface area (Å²) in [5.41, 5.74) is 7.61. The Morgan fingerprint density at radius 3 is 1.53 bits per heavy atom. The number of hydrogen-bond acceptors (Lipinski definition) is 1. The van der Waals surface area contributed by atoms with E-state index in [1.165, 1.54) is 96.6 Å². The molecule has 0 radical (unpaired) electrons. The topological polar surface area (TPSA) is 0 Å². The van der Waals surface area contributed by atoms with Crippen molar-refractivity contribution in [2.45, 2.75) is 0 Å². The van der Waals surface area contributed by atoms with Crippen LogP contribution in [0.4, 0.5) is 0 Å². The Labute approximate surface area is 276 Å². The van der Waals surface area contributed by atoms with E-state index in [4.69, 9.17) is 0 Å². The summed E-state index contributed by atoms with van der Waals surface area (Å²) in [6.07, 6.45) is 0. The lowest BCUT2D eigenvalue weighted by Gasteiger charge is -2.19. The van der Waals surface area contributed by atoms with Crippen molar-refractivity contribution < 1.29 is 0 Å². The van der Waals surface area contributed by atoms with Gasteiger partial charge in [-0.2, -0.15) is 0 Å². The quantitative estimate of drug-likeness (QED) is 0.174. The first-order chi connectivity index (χ1) is 23.3. The van der Waals surface area contributed by atoms with Crippen LogP contribution in [-0.2, 0) is 0 Å². The Morgan fingerprint density at radius 1 is 0.277 bits per heavy atom. The van der Waals surface area contributed by atoms with E-state index in [0.29, 0.717) is 0 Å². The van der Waals surface area contributed by atoms with Crippen LogP contribution in [0, 0.1) is 0 Å². The molecule has 1 aromatic heterocycles. The van der Waals surface area contributed by atoms with Crippen molar-refractivity contribution in [3.8, 4) is 33.4 Å². The van der Waals surface area contributed by atoms with Crippen molar-refractivity contribution in [1.29, 1.82) is 0 Å². The SMILES string of the molecule is c1cc(-c2ccc(-c3c4ccccc4c(-c4cccc5ccccc45)c4ccccc34)cc2)c2cc3sc4ccccc4c3cc2c1.